The monoisotopic (exact) mass is 304 g/mol. The van der Waals surface area contributed by atoms with Crippen molar-refractivity contribution in [2.75, 3.05) is 0 Å². The molecule has 22 heavy (non-hydrogen) atoms. The van der Waals surface area contributed by atoms with Crippen LogP contribution < -0.4 is 5.43 Å². The number of hydrogen-bond acceptors (Lipinski definition) is 4. The van der Waals surface area contributed by atoms with E-state index < -0.39 is 22.7 Å². The van der Waals surface area contributed by atoms with Crippen molar-refractivity contribution >= 4 is 17.6 Å². The molecule has 0 aromatic carbocycles. The number of carbonyl (C=O) groups excluding carboxylic acids is 1. The molecule has 6 nitrogen and oxygen atoms in total. The van der Waals surface area contributed by atoms with Crippen LogP contribution in [0.1, 0.15) is 50.6 Å². The van der Waals surface area contributed by atoms with Crippen LogP contribution in [0.2, 0.25) is 0 Å². The number of carboxylic acid groups (broad SMARTS) is 1. The van der Waals surface area contributed by atoms with Crippen LogP contribution in [0.5, 0.6) is 0 Å². The van der Waals surface area contributed by atoms with E-state index in [1.807, 2.05) is 20.8 Å². The summed E-state index contributed by atoms with van der Waals surface area (Å²) in [6, 6.07) is 3.18. The second-order valence-electron chi connectivity index (χ2n) is 7.00. The van der Waals surface area contributed by atoms with Gasteiger partial charge in [0.2, 0.25) is 0 Å². The predicted octanol–water partition coefficient (Wildman–Crippen LogP) is 2.67. The largest absolute Gasteiger partial charge is 0.481 e. The van der Waals surface area contributed by atoms with Gasteiger partial charge in [-0.3, -0.25) is 9.59 Å². The summed E-state index contributed by atoms with van der Waals surface area (Å²) in [5.41, 5.74) is 1.73. The Balaban J connectivity index is 1.89. The van der Waals surface area contributed by atoms with Crippen molar-refractivity contribution in [2.45, 2.75) is 40.0 Å². The third-order valence-corrected chi connectivity index (χ3v) is 6.18. The number of nitrogens with one attached hydrogen (secondary N) is 1. The molecule has 6 heteroatoms. The van der Waals surface area contributed by atoms with Gasteiger partial charge >= 0.3 is 11.9 Å². The smallest absolute Gasteiger partial charge is 0.310 e. The number of furan rings is 1. The standard InChI is InChI=1S/C16H20N2O4/c1-14(2)15(3)6-7-16(14,13(20)21)9-11(15)17-18-12(19)10-5-4-8-22-10/h4-5,8H,6-7,9H2,1-3H3,(H,18,19)(H,20,21)/b17-11-/t15-,16-/m0/s1. The number of nitrogens with zero attached hydrogens (tertiary/aromatic N) is 1. The quantitative estimate of drug-likeness (QED) is 0.840. The maximum absolute atomic E-state index is 11.9. The van der Waals surface area contributed by atoms with Crippen molar-refractivity contribution in [3.8, 4) is 0 Å². The van der Waals surface area contributed by atoms with Gasteiger partial charge in [-0.15, -0.1) is 0 Å². The predicted molar refractivity (Wildman–Crippen MR) is 79.4 cm³/mol. The normalized spacial score (nSPS) is 34.0. The average molecular weight is 304 g/mol. The van der Waals surface area contributed by atoms with Gasteiger partial charge in [0.1, 0.15) is 0 Å². The number of hydrogen-bond donors (Lipinski definition) is 2. The molecule has 1 heterocycles. The maximum atomic E-state index is 11.9. The molecule has 3 rings (SSSR count). The lowest BCUT2D eigenvalue weighted by atomic mass is 9.65. The van der Waals surface area contributed by atoms with Crippen molar-refractivity contribution in [2.24, 2.45) is 21.3 Å². The van der Waals surface area contributed by atoms with E-state index in [4.69, 9.17) is 4.42 Å². The van der Waals surface area contributed by atoms with Crippen LogP contribution in [0.25, 0.3) is 0 Å². The van der Waals surface area contributed by atoms with Crippen LogP contribution in [0.4, 0.5) is 0 Å². The molecule has 0 aliphatic heterocycles. The van der Waals surface area contributed by atoms with Gasteiger partial charge in [-0.05, 0) is 30.4 Å². The zero-order chi connectivity index (χ0) is 16.2. The lowest BCUT2D eigenvalue weighted by Gasteiger charge is -2.37. The topological polar surface area (TPSA) is 91.9 Å². The lowest BCUT2D eigenvalue weighted by Crippen LogP contribution is -2.40. The summed E-state index contributed by atoms with van der Waals surface area (Å²) in [7, 11) is 0. The van der Waals surface area contributed by atoms with E-state index in [0.29, 0.717) is 12.8 Å². The molecule has 0 radical (unpaired) electrons. The van der Waals surface area contributed by atoms with Crippen LogP contribution in [0.15, 0.2) is 27.9 Å². The molecule has 118 valence electrons. The zero-order valence-electron chi connectivity index (χ0n) is 13.0. The molecule has 2 saturated carbocycles. The van der Waals surface area contributed by atoms with Gasteiger partial charge in [-0.2, -0.15) is 5.10 Å². The first-order chi connectivity index (χ1) is 10.2. The molecular weight excluding hydrogens is 284 g/mol. The molecule has 1 aromatic heterocycles. The van der Waals surface area contributed by atoms with Crippen molar-refractivity contribution in [1.29, 1.82) is 0 Å². The van der Waals surface area contributed by atoms with Crippen LogP contribution in [-0.4, -0.2) is 22.7 Å². The van der Waals surface area contributed by atoms with E-state index in [1.54, 1.807) is 12.1 Å². The highest BCUT2D eigenvalue weighted by Crippen LogP contribution is 2.70. The molecule has 1 amide bonds. The molecule has 2 N–H and O–H groups in total. The van der Waals surface area contributed by atoms with E-state index in [9.17, 15) is 14.7 Å². The van der Waals surface area contributed by atoms with Gasteiger partial charge < -0.3 is 9.52 Å². The highest BCUT2D eigenvalue weighted by Gasteiger charge is 2.71. The third-order valence-electron chi connectivity index (χ3n) is 6.18. The van der Waals surface area contributed by atoms with E-state index in [2.05, 4.69) is 10.5 Å². The van der Waals surface area contributed by atoms with E-state index in [1.165, 1.54) is 6.26 Å². The SMILES string of the molecule is CC1(C)[C@@]2(C(=O)O)CC[C@@]1(C)/C(=N\NC(=O)c1ccco1)C2. The second kappa shape index (κ2) is 4.44. The lowest BCUT2D eigenvalue weighted by molar-refractivity contribution is -0.154. The summed E-state index contributed by atoms with van der Waals surface area (Å²) < 4.78 is 5.02. The number of carboxylic acids is 1. The fourth-order valence-corrected chi connectivity index (χ4v) is 4.11. The second-order valence-corrected chi connectivity index (χ2v) is 7.00. The Morgan fingerprint density at radius 3 is 2.59 bits per heavy atom. The van der Waals surface area contributed by atoms with E-state index in [-0.39, 0.29) is 11.2 Å². The summed E-state index contributed by atoms with van der Waals surface area (Å²) in [6.45, 7) is 6.03. The van der Waals surface area contributed by atoms with Gasteiger partial charge in [0, 0.05) is 17.5 Å². The Labute approximate surface area is 128 Å². The number of rotatable bonds is 3. The highest BCUT2D eigenvalue weighted by molar-refractivity contribution is 6.02. The Morgan fingerprint density at radius 1 is 1.32 bits per heavy atom. The number of fused-ring (bicyclic) bond motifs is 2. The first kappa shape index (κ1) is 14.8. The van der Waals surface area contributed by atoms with Gasteiger partial charge in [0.05, 0.1) is 11.7 Å². The van der Waals surface area contributed by atoms with Crippen LogP contribution in [0.3, 0.4) is 0 Å². The fourth-order valence-electron chi connectivity index (χ4n) is 4.11. The Hall–Kier alpha value is -2.11. The summed E-state index contributed by atoms with van der Waals surface area (Å²) in [4.78, 5) is 23.8. The minimum absolute atomic E-state index is 0.185. The first-order valence-electron chi connectivity index (χ1n) is 7.39. The number of amides is 1. The van der Waals surface area contributed by atoms with Gasteiger partial charge in [0.15, 0.2) is 5.76 Å². The number of aliphatic carboxylic acids is 1. The molecule has 1 aromatic rings. The highest BCUT2D eigenvalue weighted by atomic mass is 16.4. The van der Waals surface area contributed by atoms with Gasteiger partial charge in [-0.25, -0.2) is 5.43 Å². The first-order valence-corrected chi connectivity index (χ1v) is 7.39. The Morgan fingerprint density at radius 2 is 2.05 bits per heavy atom. The molecule has 2 aliphatic carbocycles. The summed E-state index contributed by atoms with van der Waals surface area (Å²) >= 11 is 0. The molecular formula is C16H20N2O4. The van der Waals surface area contributed by atoms with Crippen LogP contribution in [0, 0.1) is 16.2 Å². The minimum atomic E-state index is -0.796. The summed E-state index contributed by atoms with van der Waals surface area (Å²) in [5.74, 6) is -1.01. The fraction of sp³-hybridized carbons (Fsp3) is 0.562. The van der Waals surface area contributed by atoms with Crippen molar-refractivity contribution < 1.29 is 19.1 Å². The molecule has 2 atom stereocenters. The molecule has 2 fully saturated rings. The van der Waals surface area contributed by atoms with E-state index >= 15 is 0 Å². The number of carbonyl (C=O) groups is 2. The van der Waals surface area contributed by atoms with Crippen molar-refractivity contribution in [3.63, 3.8) is 0 Å². The van der Waals surface area contributed by atoms with Crippen molar-refractivity contribution in [3.05, 3.63) is 24.2 Å². The molecule has 0 saturated heterocycles. The Kier molecular flexibility index (Phi) is 2.99. The number of hydrazone groups is 1. The van der Waals surface area contributed by atoms with Crippen LogP contribution >= 0.6 is 0 Å². The summed E-state index contributed by atoms with van der Waals surface area (Å²) in [6.07, 6.45) is 3.21. The molecule has 2 aliphatic rings. The molecule has 0 spiro atoms. The third kappa shape index (κ3) is 1.63. The molecule has 2 bridgehead atoms. The zero-order valence-corrected chi connectivity index (χ0v) is 13.0. The van der Waals surface area contributed by atoms with Crippen molar-refractivity contribution in [1.82, 2.24) is 5.43 Å². The maximum Gasteiger partial charge on any atom is 0.310 e. The average Bonchev–Trinajstić information content (AvgIpc) is 3.09. The Bertz CT molecular complexity index is 662. The summed E-state index contributed by atoms with van der Waals surface area (Å²) in [5, 5.41) is 14.0. The van der Waals surface area contributed by atoms with Crippen LogP contribution in [-0.2, 0) is 4.79 Å². The van der Waals surface area contributed by atoms with Gasteiger partial charge in [0.25, 0.3) is 0 Å². The molecule has 0 unspecified atom stereocenters. The van der Waals surface area contributed by atoms with E-state index in [0.717, 1.165) is 12.1 Å². The minimum Gasteiger partial charge on any atom is -0.481 e. The van der Waals surface area contributed by atoms with Gasteiger partial charge in [-0.1, -0.05) is 20.8 Å².